The zero-order valence-electron chi connectivity index (χ0n) is 14.0. The number of hydrogen-bond acceptors (Lipinski definition) is 4. The molecule has 1 aromatic heterocycles. The number of esters is 1. The van der Waals surface area contributed by atoms with E-state index >= 15 is 0 Å². The van der Waals surface area contributed by atoms with Gasteiger partial charge in [0.25, 0.3) is 5.91 Å². The van der Waals surface area contributed by atoms with Crippen LogP contribution in [0.4, 0.5) is 0 Å². The Labute approximate surface area is 145 Å². The second kappa shape index (κ2) is 7.66. The summed E-state index contributed by atoms with van der Waals surface area (Å²) in [6, 6.07) is 17.2. The molecule has 25 heavy (non-hydrogen) atoms. The van der Waals surface area contributed by atoms with Crippen LogP contribution in [0.2, 0.25) is 0 Å². The number of furan rings is 1. The molecule has 0 saturated heterocycles. The highest BCUT2D eigenvalue weighted by atomic mass is 16.5. The SMILES string of the molecule is CN(Cc1ccco1)C(=O)COC(=O)Cc1cccc2ccccc12. The number of nitrogens with zero attached hydrogens (tertiary/aromatic N) is 1. The molecule has 0 bridgehead atoms. The maximum absolute atomic E-state index is 12.1. The van der Waals surface area contributed by atoms with E-state index < -0.39 is 5.97 Å². The first-order valence-electron chi connectivity index (χ1n) is 8.02. The van der Waals surface area contributed by atoms with Gasteiger partial charge in [-0.3, -0.25) is 9.59 Å². The van der Waals surface area contributed by atoms with E-state index in [1.54, 1.807) is 25.4 Å². The number of benzene rings is 2. The maximum Gasteiger partial charge on any atom is 0.310 e. The first-order chi connectivity index (χ1) is 12.1. The van der Waals surface area contributed by atoms with Crippen molar-refractivity contribution in [3.05, 3.63) is 72.2 Å². The number of likely N-dealkylation sites (N-methyl/N-ethyl adjacent to an activating group) is 1. The minimum absolute atomic E-state index is 0.135. The molecule has 0 aliphatic heterocycles. The van der Waals surface area contributed by atoms with Gasteiger partial charge in [0.15, 0.2) is 6.61 Å². The highest BCUT2D eigenvalue weighted by Gasteiger charge is 2.14. The largest absolute Gasteiger partial charge is 0.467 e. The Balaban J connectivity index is 1.54. The topological polar surface area (TPSA) is 59.8 Å². The fraction of sp³-hybridized carbons (Fsp3) is 0.200. The normalized spacial score (nSPS) is 10.6. The minimum Gasteiger partial charge on any atom is -0.467 e. The Kier molecular flexibility index (Phi) is 5.14. The molecular weight excluding hydrogens is 318 g/mol. The fourth-order valence-electron chi connectivity index (χ4n) is 2.63. The van der Waals surface area contributed by atoms with Gasteiger partial charge < -0.3 is 14.1 Å². The molecule has 0 aliphatic rings. The van der Waals surface area contributed by atoms with Crippen molar-refractivity contribution in [3.8, 4) is 0 Å². The molecule has 5 heteroatoms. The number of carbonyl (C=O) groups excluding carboxylic acids is 2. The lowest BCUT2D eigenvalue weighted by Crippen LogP contribution is -2.30. The summed E-state index contributed by atoms with van der Waals surface area (Å²) in [5, 5.41) is 2.09. The van der Waals surface area contributed by atoms with Gasteiger partial charge in [0, 0.05) is 7.05 Å². The lowest BCUT2D eigenvalue weighted by atomic mass is 10.0. The van der Waals surface area contributed by atoms with Crippen LogP contribution in [0.5, 0.6) is 0 Å². The second-order valence-corrected chi connectivity index (χ2v) is 5.80. The molecule has 5 nitrogen and oxygen atoms in total. The van der Waals surface area contributed by atoms with Gasteiger partial charge >= 0.3 is 5.97 Å². The average Bonchev–Trinajstić information content (AvgIpc) is 3.13. The average molecular weight is 337 g/mol. The van der Waals surface area contributed by atoms with Gasteiger partial charge in [0.05, 0.1) is 19.2 Å². The van der Waals surface area contributed by atoms with Crippen LogP contribution >= 0.6 is 0 Å². The first-order valence-corrected chi connectivity index (χ1v) is 8.02. The van der Waals surface area contributed by atoms with E-state index in [1.165, 1.54) is 4.90 Å². The number of ether oxygens (including phenoxy) is 1. The number of hydrogen-bond donors (Lipinski definition) is 0. The van der Waals surface area contributed by atoms with Crippen LogP contribution in [-0.4, -0.2) is 30.4 Å². The Bertz CT molecular complexity index is 865. The van der Waals surface area contributed by atoms with Crippen LogP contribution in [0.1, 0.15) is 11.3 Å². The van der Waals surface area contributed by atoms with Gasteiger partial charge in [-0.15, -0.1) is 0 Å². The first kappa shape index (κ1) is 16.8. The second-order valence-electron chi connectivity index (χ2n) is 5.80. The highest BCUT2D eigenvalue weighted by Crippen LogP contribution is 2.19. The van der Waals surface area contributed by atoms with Crippen LogP contribution in [0.25, 0.3) is 10.8 Å². The van der Waals surface area contributed by atoms with Crippen LogP contribution in [0.15, 0.2) is 65.3 Å². The van der Waals surface area contributed by atoms with E-state index in [1.807, 2.05) is 42.5 Å². The summed E-state index contributed by atoms with van der Waals surface area (Å²) in [7, 11) is 1.64. The van der Waals surface area contributed by atoms with E-state index in [-0.39, 0.29) is 18.9 Å². The van der Waals surface area contributed by atoms with Crippen molar-refractivity contribution in [2.45, 2.75) is 13.0 Å². The lowest BCUT2D eigenvalue weighted by molar-refractivity contribution is -0.151. The molecule has 0 spiro atoms. The van der Waals surface area contributed by atoms with Crippen LogP contribution in [-0.2, 0) is 27.3 Å². The zero-order valence-corrected chi connectivity index (χ0v) is 14.0. The number of carbonyl (C=O) groups is 2. The molecule has 0 N–H and O–H groups in total. The van der Waals surface area contributed by atoms with Gasteiger partial charge in [-0.25, -0.2) is 0 Å². The van der Waals surface area contributed by atoms with E-state index in [4.69, 9.17) is 9.15 Å². The number of fused-ring (bicyclic) bond motifs is 1. The molecule has 1 amide bonds. The van der Waals surface area contributed by atoms with E-state index in [2.05, 4.69) is 0 Å². The Morgan fingerprint density at radius 2 is 1.84 bits per heavy atom. The third kappa shape index (κ3) is 4.26. The Morgan fingerprint density at radius 1 is 1.04 bits per heavy atom. The molecule has 0 saturated carbocycles. The molecule has 0 fully saturated rings. The summed E-state index contributed by atoms with van der Waals surface area (Å²) >= 11 is 0. The third-order valence-corrected chi connectivity index (χ3v) is 3.97. The van der Waals surface area contributed by atoms with Crippen molar-refractivity contribution in [1.29, 1.82) is 0 Å². The smallest absolute Gasteiger partial charge is 0.310 e. The Hall–Kier alpha value is -3.08. The molecule has 1 heterocycles. The maximum atomic E-state index is 12.1. The van der Waals surface area contributed by atoms with Gasteiger partial charge in [-0.05, 0) is 28.5 Å². The van der Waals surface area contributed by atoms with Crippen molar-refractivity contribution in [3.63, 3.8) is 0 Å². The summed E-state index contributed by atoms with van der Waals surface area (Å²) < 4.78 is 10.3. The van der Waals surface area contributed by atoms with Crippen LogP contribution in [0, 0.1) is 0 Å². The van der Waals surface area contributed by atoms with Crippen molar-refractivity contribution in [2.75, 3.05) is 13.7 Å². The van der Waals surface area contributed by atoms with E-state index in [0.717, 1.165) is 16.3 Å². The molecule has 0 radical (unpaired) electrons. The predicted octanol–water partition coefficient (Wildman–Crippen LogP) is 3.18. The minimum atomic E-state index is -0.420. The summed E-state index contributed by atoms with van der Waals surface area (Å²) in [5.41, 5.74) is 0.888. The van der Waals surface area contributed by atoms with Crippen molar-refractivity contribution < 1.29 is 18.7 Å². The Morgan fingerprint density at radius 3 is 2.64 bits per heavy atom. The van der Waals surface area contributed by atoms with Gasteiger partial charge in [0.1, 0.15) is 5.76 Å². The molecule has 128 valence electrons. The van der Waals surface area contributed by atoms with E-state index in [9.17, 15) is 9.59 Å². The number of amides is 1. The predicted molar refractivity (Wildman–Crippen MR) is 93.8 cm³/mol. The van der Waals surface area contributed by atoms with Gasteiger partial charge in [-0.2, -0.15) is 0 Å². The quantitative estimate of drug-likeness (QED) is 0.648. The third-order valence-electron chi connectivity index (χ3n) is 3.97. The van der Waals surface area contributed by atoms with Crippen LogP contribution < -0.4 is 0 Å². The molecule has 0 unspecified atom stereocenters. The fourth-order valence-corrected chi connectivity index (χ4v) is 2.63. The molecule has 3 rings (SSSR count). The molecule has 2 aromatic carbocycles. The number of rotatable bonds is 6. The van der Waals surface area contributed by atoms with Crippen LogP contribution in [0.3, 0.4) is 0 Å². The zero-order chi connectivity index (χ0) is 17.6. The van der Waals surface area contributed by atoms with Crippen molar-refractivity contribution >= 4 is 22.6 Å². The summed E-state index contributed by atoms with van der Waals surface area (Å²) in [6.07, 6.45) is 1.69. The van der Waals surface area contributed by atoms with Crippen molar-refractivity contribution in [2.24, 2.45) is 0 Å². The van der Waals surface area contributed by atoms with Crippen molar-refractivity contribution in [1.82, 2.24) is 4.90 Å². The summed E-state index contributed by atoms with van der Waals surface area (Å²) in [4.78, 5) is 25.6. The van der Waals surface area contributed by atoms with E-state index in [0.29, 0.717) is 12.3 Å². The van der Waals surface area contributed by atoms with Gasteiger partial charge in [0.2, 0.25) is 0 Å². The summed E-state index contributed by atoms with van der Waals surface area (Å²) in [6.45, 7) is 0.0630. The molecule has 0 aliphatic carbocycles. The highest BCUT2D eigenvalue weighted by molar-refractivity contribution is 5.89. The lowest BCUT2D eigenvalue weighted by Gasteiger charge is -2.15. The molecule has 0 atom stereocenters. The standard InChI is InChI=1S/C20H19NO4/c1-21(13-17-9-5-11-24-17)19(22)14-25-20(23)12-16-8-4-7-15-6-2-3-10-18(15)16/h2-11H,12-14H2,1H3. The van der Waals surface area contributed by atoms with Gasteiger partial charge in [-0.1, -0.05) is 42.5 Å². The summed E-state index contributed by atoms with van der Waals surface area (Å²) in [5.74, 6) is -0.0169. The monoisotopic (exact) mass is 337 g/mol. The molecular formula is C20H19NO4. The molecule has 3 aromatic rings.